The van der Waals surface area contributed by atoms with Gasteiger partial charge in [0.1, 0.15) is 5.75 Å². The summed E-state index contributed by atoms with van der Waals surface area (Å²) in [5.41, 5.74) is 1.33. The summed E-state index contributed by atoms with van der Waals surface area (Å²) in [6.45, 7) is 0. The molecule has 0 aliphatic carbocycles. The van der Waals surface area contributed by atoms with Crippen molar-refractivity contribution in [3.05, 3.63) is 48.2 Å². The maximum atomic E-state index is 12.3. The predicted octanol–water partition coefficient (Wildman–Crippen LogP) is 0.905. The number of hydrogen-bond acceptors (Lipinski definition) is 2. The second-order valence-electron chi connectivity index (χ2n) is 4.50. The molecule has 2 aliphatic heterocycles. The van der Waals surface area contributed by atoms with Gasteiger partial charge in [-0.05, 0) is 30.3 Å². The minimum Gasteiger partial charge on any atom is -0.406 e. The lowest BCUT2D eigenvalue weighted by Gasteiger charge is -2.23. The molecular weight excluding hydrogens is 285 g/mol. The number of ether oxygens (including phenoxy) is 1. The molecule has 0 radical (unpaired) electrons. The summed E-state index contributed by atoms with van der Waals surface area (Å²) < 4.78 is 40.1. The highest BCUT2D eigenvalue weighted by atomic mass is 19.4. The molecule has 1 amide bonds. The molecule has 7 heteroatoms. The van der Waals surface area contributed by atoms with Crippen LogP contribution in [0.25, 0.3) is 0 Å². The third-order valence-corrected chi connectivity index (χ3v) is 3.12. The van der Waals surface area contributed by atoms with E-state index in [9.17, 15) is 18.0 Å². The van der Waals surface area contributed by atoms with Crippen LogP contribution in [0.5, 0.6) is 5.75 Å². The maximum Gasteiger partial charge on any atom is 0.573 e. The minimum absolute atomic E-state index is 0.193. The number of carbonyl (C=O) groups is 1. The van der Waals surface area contributed by atoms with E-state index in [1.54, 1.807) is 24.6 Å². The maximum absolute atomic E-state index is 12.3. The number of fused-ring (bicyclic) bond motifs is 1. The smallest absolute Gasteiger partial charge is 0.406 e. The number of nitrogens with zero attached hydrogens (tertiary/aromatic N) is 1. The summed E-state index contributed by atoms with van der Waals surface area (Å²) in [5.74, 6) is -0.519. The SMILES string of the molecule is O=C1C2[NH+]=CC=C2C=CN1c1ccc(OC(F)(F)F)cc1. The Morgan fingerprint density at radius 2 is 1.90 bits per heavy atom. The van der Waals surface area contributed by atoms with Gasteiger partial charge in [0.15, 0.2) is 6.21 Å². The zero-order valence-corrected chi connectivity index (χ0v) is 10.6. The van der Waals surface area contributed by atoms with Crippen LogP contribution in [0.15, 0.2) is 48.2 Å². The number of anilines is 1. The summed E-state index contributed by atoms with van der Waals surface area (Å²) in [7, 11) is 0. The molecule has 0 fully saturated rings. The molecule has 21 heavy (non-hydrogen) atoms. The first-order chi connectivity index (χ1) is 9.94. The Labute approximate surface area is 117 Å². The van der Waals surface area contributed by atoms with Crippen LogP contribution in [0.3, 0.4) is 0 Å². The van der Waals surface area contributed by atoms with Gasteiger partial charge >= 0.3 is 12.3 Å². The highest BCUT2D eigenvalue weighted by Crippen LogP contribution is 2.27. The lowest BCUT2D eigenvalue weighted by atomic mass is 10.0. The fourth-order valence-electron chi connectivity index (χ4n) is 2.19. The quantitative estimate of drug-likeness (QED) is 0.881. The largest absolute Gasteiger partial charge is 0.573 e. The molecule has 0 aromatic heterocycles. The van der Waals surface area contributed by atoms with E-state index in [0.717, 1.165) is 5.57 Å². The Bertz CT molecular complexity index is 660. The van der Waals surface area contributed by atoms with E-state index >= 15 is 0 Å². The molecule has 2 aliphatic rings. The van der Waals surface area contributed by atoms with E-state index in [1.165, 1.54) is 29.2 Å². The first-order valence-electron chi connectivity index (χ1n) is 6.10. The van der Waals surface area contributed by atoms with Gasteiger partial charge in [0.05, 0.1) is 0 Å². The first kappa shape index (κ1) is 13.4. The molecule has 0 spiro atoms. The van der Waals surface area contributed by atoms with Crippen LogP contribution in [0, 0.1) is 0 Å². The van der Waals surface area contributed by atoms with Gasteiger partial charge in [-0.1, -0.05) is 0 Å². The number of alkyl halides is 3. The van der Waals surface area contributed by atoms with Gasteiger partial charge < -0.3 is 4.74 Å². The second kappa shape index (κ2) is 4.76. The van der Waals surface area contributed by atoms with E-state index in [1.807, 2.05) is 0 Å². The highest BCUT2D eigenvalue weighted by molar-refractivity contribution is 6.03. The zero-order chi connectivity index (χ0) is 15.0. The number of amides is 1. The summed E-state index contributed by atoms with van der Waals surface area (Å²) >= 11 is 0. The number of rotatable bonds is 2. The monoisotopic (exact) mass is 295 g/mol. The molecule has 4 nitrogen and oxygen atoms in total. The molecule has 3 rings (SSSR count). The van der Waals surface area contributed by atoms with Crippen molar-refractivity contribution in [3.8, 4) is 5.75 Å². The molecule has 1 unspecified atom stereocenters. The normalized spacial score (nSPS) is 20.5. The van der Waals surface area contributed by atoms with Crippen molar-refractivity contribution in [2.75, 3.05) is 4.90 Å². The Balaban J connectivity index is 1.82. The van der Waals surface area contributed by atoms with Crippen LogP contribution in [0.1, 0.15) is 0 Å². The number of nitrogens with one attached hydrogen (secondary N) is 1. The van der Waals surface area contributed by atoms with Crippen molar-refractivity contribution < 1.29 is 27.7 Å². The standard InChI is InChI=1S/C14H9F3N2O2/c15-14(16,17)21-11-3-1-10(2-4-11)19-8-6-9-5-7-18-12(9)13(19)20/h1-8,12H/p+1. The van der Waals surface area contributed by atoms with Crippen LogP contribution in [-0.2, 0) is 4.79 Å². The van der Waals surface area contributed by atoms with Crippen molar-refractivity contribution in [2.45, 2.75) is 12.4 Å². The minimum atomic E-state index is -4.73. The second-order valence-corrected chi connectivity index (χ2v) is 4.50. The molecular formula is C14H10F3N2O2+. The van der Waals surface area contributed by atoms with Gasteiger partial charge in [0.2, 0.25) is 0 Å². The van der Waals surface area contributed by atoms with Gasteiger partial charge in [-0.15, -0.1) is 13.2 Å². The summed E-state index contributed by atoms with van der Waals surface area (Å²) in [4.78, 5) is 16.6. The molecule has 2 heterocycles. The molecule has 0 bridgehead atoms. The average molecular weight is 295 g/mol. The summed E-state index contributed by atoms with van der Waals surface area (Å²) in [6, 6.07) is 4.70. The summed E-state index contributed by atoms with van der Waals surface area (Å²) in [6.07, 6.45) is 2.13. The van der Waals surface area contributed by atoms with Crippen molar-refractivity contribution in [1.29, 1.82) is 0 Å². The molecule has 0 saturated carbocycles. The summed E-state index contributed by atoms with van der Waals surface area (Å²) in [5, 5.41) is 0. The fraction of sp³-hybridized carbons (Fsp3) is 0.143. The first-order valence-corrected chi connectivity index (χ1v) is 6.10. The molecule has 1 aromatic carbocycles. The highest BCUT2D eigenvalue weighted by Gasteiger charge is 2.36. The van der Waals surface area contributed by atoms with E-state index in [2.05, 4.69) is 9.73 Å². The molecule has 1 N–H and O–H groups in total. The van der Waals surface area contributed by atoms with Gasteiger partial charge in [-0.3, -0.25) is 9.69 Å². The van der Waals surface area contributed by atoms with Crippen molar-refractivity contribution >= 4 is 17.8 Å². The van der Waals surface area contributed by atoms with E-state index in [-0.39, 0.29) is 11.7 Å². The van der Waals surface area contributed by atoms with E-state index in [4.69, 9.17) is 0 Å². The number of halogens is 3. The lowest BCUT2D eigenvalue weighted by Crippen LogP contribution is -2.79. The predicted molar refractivity (Wildman–Crippen MR) is 68.6 cm³/mol. The van der Waals surface area contributed by atoms with Gasteiger partial charge in [0.25, 0.3) is 6.04 Å². The number of carbonyl (C=O) groups excluding carboxylic acids is 1. The van der Waals surface area contributed by atoms with E-state index in [0.29, 0.717) is 5.69 Å². The van der Waals surface area contributed by atoms with Crippen LogP contribution >= 0.6 is 0 Å². The fourth-order valence-corrected chi connectivity index (χ4v) is 2.19. The number of hydrogen-bond donors (Lipinski definition) is 1. The van der Waals surface area contributed by atoms with Crippen LogP contribution in [0.2, 0.25) is 0 Å². The molecule has 1 aromatic rings. The third kappa shape index (κ3) is 2.67. The topological polar surface area (TPSA) is 43.5 Å². The number of allylic oxidation sites excluding steroid dienone is 1. The van der Waals surface area contributed by atoms with Crippen molar-refractivity contribution in [1.82, 2.24) is 0 Å². The Kier molecular flexibility index (Phi) is 3.04. The van der Waals surface area contributed by atoms with Crippen molar-refractivity contribution in [3.63, 3.8) is 0 Å². The number of benzene rings is 1. The van der Waals surface area contributed by atoms with Gasteiger partial charge in [-0.25, -0.2) is 4.99 Å². The molecule has 108 valence electrons. The Hall–Kier alpha value is -2.57. The third-order valence-electron chi connectivity index (χ3n) is 3.12. The van der Waals surface area contributed by atoms with Crippen LogP contribution in [-0.4, -0.2) is 24.5 Å². The van der Waals surface area contributed by atoms with Crippen molar-refractivity contribution in [2.24, 2.45) is 0 Å². The molecule has 1 atom stereocenters. The van der Waals surface area contributed by atoms with E-state index < -0.39 is 12.4 Å². The van der Waals surface area contributed by atoms with Crippen LogP contribution < -0.4 is 14.6 Å². The van der Waals surface area contributed by atoms with Gasteiger partial charge in [0, 0.05) is 23.5 Å². The Morgan fingerprint density at radius 1 is 1.19 bits per heavy atom. The van der Waals surface area contributed by atoms with Crippen LogP contribution in [0.4, 0.5) is 18.9 Å². The Morgan fingerprint density at radius 3 is 2.57 bits per heavy atom. The molecule has 0 saturated heterocycles. The average Bonchev–Trinajstić information content (AvgIpc) is 2.88. The lowest BCUT2D eigenvalue weighted by molar-refractivity contribution is -0.465. The van der Waals surface area contributed by atoms with Gasteiger partial charge in [-0.2, -0.15) is 0 Å². The zero-order valence-electron chi connectivity index (χ0n) is 10.6.